The van der Waals surface area contributed by atoms with Crippen molar-refractivity contribution in [2.24, 2.45) is 0 Å². The van der Waals surface area contributed by atoms with E-state index in [0.29, 0.717) is 0 Å². The number of hydrogen-bond acceptors (Lipinski definition) is 3. The van der Waals surface area contributed by atoms with Gasteiger partial charge in [-0.25, -0.2) is 4.79 Å². The minimum absolute atomic E-state index is 0.145. The number of rotatable bonds is 4. The zero-order valence-corrected chi connectivity index (χ0v) is 11.9. The molecule has 0 amide bonds. The quantitative estimate of drug-likeness (QED) is 0.425. The largest absolute Gasteiger partial charge is 0.540 e. The molecule has 0 bridgehead atoms. The monoisotopic (exact) mass is 232 g/mol. The molecule has 0 aromatic heterocycles. The molecule has 14 heavy (non-hydrogen) atoms. The molecule has 0 atom stereocenters. The Morgan fingerprint density at radius 2 is 1.29 bits per heavy atom. The lowest BCUT2D eigenvalue weighted by Gasteiger charge is -2.23. The second kappa shape index (κ2) is 4.31. The first-order chi connectivity index (χ1) is 6.01. The van der Waals surface area contributed by atoms with E-state index in [9.17, 15) is 4.79 Å². The molecule has 3 nitrogen and oxygen atoms in total. The Morgan fingerprint density at radius 3 is 1.57 bits per heavy atom. The molecule has 0 fully saturated rings. The molecule has 0 aromatic carbocycles. The van der Waals surface area contributed by atoms with Crippen molar-refractivity contribution in [3.8, 4) is 0 Å². The van der Waals surface area contributed by atoms with E-state index in [-0.39, 0.29) is 5.76 Å². The average molecular weight is 232 g/mol. The van der Waals surface area contributed by atoms with Crippen LogP contribution in [-0.2, 0) is 13.6 Å². The third-order valence-electron chi connectivity index (χ3n) is 1.06. The van der Waals surface area contributed by atoms with E-state index < -0.39 is 22.6 Å². The van der Waals surface area contributed by atoms with E-state index in [1.54, 1.807) is 0 Å². The van der Waals surface area contributed by atoms with Gasteiger partial charge in [-0.3, -0.25) is 0 Å². The second-order valence-electron chi connectivity index (χ2n) is 5.14. The molecule has 0 heterocycles. The molecule has 0 saturated heterocycles. The Hall–Kier alpha value is -0.556. The Kier molecular flexibility index (Phi) is 4.14. The SMILES string of the molecule is C=C(O[Si](C)(C)C)C(=O)O[Si](C)(C)C. The maximum Gasteiger partial charge on any atom is 0.358 e. The van der Waals surface area contributed by atoms with Crippen LogP contribution >= 0.6 is 0 Å². The first-order valence-electron chi connectivity index (χ1n) is 4.62. The highest BCUT2D eigenvalue weighted by Gasteiger charge is 2.25. The van der Waals surface area contributed by atoms with Crippen molar-refractivity contribution in [3.63, 3.8) is 0 Å². The topological polar surface area (TPSA) is 35.5 Å². The van der Waals surface area contributed by atoms with Crippen LogP contribution in [0.3, 0.4) is 0 Å². The van der Waals surface area contributed by atoms with Gasteiger partial charge in [0.1, 0.15) is 0 Å². The van der Waals surface area contributed by atoms with Crippen molar-refractivity contribution in [1.29, 1.82) is 0 Å². The fourth-order valence-corrected chi connectivity index (χ4v) is 2.24. The molecule has 5 heteroatoms. The van der Waals surface area contributed by atoms with Gasteiger partial charge in [-0.05, 0) is 39.3 Å². The van der Waals surface area contributed by atoms with E-state index in [1.165, 1.54) is 0 Å². The smallest absolute Gasteiger partial charge is 0.358 e. The summed E-state index contributed by atoms with van der Waals surface area (Å²) in [5.74, 6) is -0.266. The van der Waals surface area contributed by atoms with E-state index in [0.717, 1.165) is 0 Å². The molecule has 0 aliphatic heterocycles. The summed E-state index contributed by atoms with van der Waals surface area (Å²) in [4.78, 5) is 11.4. The number of carbonyl (C=O) groups is 1. The van der Waals surface area contributed by atoms with Crippen molar-refractivity contribution in [3.05, 3.63) is 12.3 Å². The predicted octanol–water partition coefficient (Wildman–Crippen LogP) is 2.73. The van der Waals surface area contributed by atoms with Crippen LogP contribution in [0.5, 0.6) is 0 Å². The molecule has 0 unspecified atom stereocenters. The molecule has 0 aliphatic rings. The maximum absolute atomic E-state index is 11.4. The summed E-state index contributed by atoms with van der Waals surface area (Å²) in [5, 5.41) is 0. The zero-order chi connectivity index (χ0) is 11.6. The lowest BCUT2D eigenvalue weighted by Crippen LogP contribution is -2.33. The minimum Gasteiger partial charge on any atom is -0.540 e. The Labute approximate surface area is 88.4 Å². The van der Waals surface area contributed by atoms with Crippen LogP contribution in [0.25, 0.3) is 0 Å². The summed E-state index contributed by atoms with van der Waals surface area (Å²) < 4.78 is 10.7. The summed E-state index contributed by atoms with van der Waals surface area (Å²) >= 11 is 0. The Bertz CT molecular complexity index is 209. The fraction of sp³-hybridized carbons (Fsp3) is 0.667. The summed E-state index contributed by atoms with van der Waals surface area (Å²) in [6.07, 6.45) is 0. The molecule has 0 N–H and O–H groups in total. The van der Waals surface area contributed by atoms with Crippen molar-refractivity contribution < 1.29 is 13.6 Å². The lowest BCUT2D eigenvalue weighted by molar-refractivity contribution is -0.133. The van der Waals surface area contributed by atoms with Crippen LogP contribution in [0.15, 0.2) is 12.3 Å². The van der Waals surface area contributed by atoms with E-state index in [1.807, 2.05) is 39.3 Å². The molecular formula is C9H20O3Si2. The molecule has 82 valence electrons. The highest BCUT2D eigenvalue weighted by atomic mass is 28.4. The first-order valence-corrected chi connectivity index (χ1v) is 11.4. The van der Waals surface area contributed by atoms with Gasteiger partial charge in [0.25, 0.3) is 0 Å². The van der Waals surface area contributed by atoms with E-state index in [4.69, 9.17) is 8.85 Å². The highest BCUT2D eigenvalue weighted by Crippen LogP contribution is 2.12. The van der Waals surface area contributed by atoms with Gasteiger partial charge in [0.2, 0.25) is 16.6 Å². The van der Waals surface area contributed by atoms with Crippen LogP contribution in [0.1, 0.15) is 0 Å². The number of hydrogen-bond donors (Lipinski definition) is 0. The van der Waals surface area contributed by atoms with Gasteiger partial charge in [-0.1, -0.05) is 6.58 Å². The highest BCUT2D eigenvalue weighted by molar-refractivity contribution is 6.72. The maximum atomic E-state index is 11.4. The van der Waals surface area contributed by atoms with Crippen LogP contribution in [-0.4, -0.2) is 22.6 Å². The first kappa shape index (κ1) is 13.4. The fourth-order valence-electron chi connectivity index (χ4n) is 0.746. The van der Waals surface area contributed by atoms with E-state index >= 15 is 0 Å². The third-order valence-corrected chi connectivity index (χ3v) is 2.71. The van der Waals surface area contributed by atoms with Gasteiger partial charge in [0.05, 0.1) is 0 Å². The molecular weight excluding hydrogens is 212 g/mol. The predicted molar refractivity (Wildman–Crippen MR) is 63.0 cm³/mol. The van der Waals surface area contributed by atoms with Crippen molar-refractivity contribution in [2.75, 3.05) is 0 Å². The van der Waals surface area contributed by atoms with E-state index in [2.05, 4.69) is 6.58 Å². The molecule has 0 saturated carbocycles. The summed E-state index contributed by atoms with van der Waals surface area (Å²) in [7, 11) is -3.58. The van der Waals surface area contributed by atoms with Gasteiger partial charge < -0.3 is 8.85 Å². The summed E-state index contributed by atoms with van der Waals surface area (Å²) in [5.41, 5.74) is 0. The van der Waals surface area contributed by atoms with Gasteiger partial charge >= 0.3 is 5.97 Å². The molecule has 0 radical (unpaired) electrons. The van der Waals surface area contributed by atoms with Crippen LogP contribution in [0.2, 0.25) is 39.3 Å². The van der Waals surface area contributed by atoms with Gasteiger partial charge in [0.15, 0.2) is 5.76 Å². The third kappa shape index (κ3) is 6.91. The van der Waals surface area contributed by atoms with Crippen molar-refractivity contribution in [1.82, 2.24) is 0 Å². The molecule has 0 aromatic rings. The zero-order valence-electron chi connectivity index (χ0n) is 9.93. The normalized spacial score (nSPS) is 12.1. The Balaban J connectivity index is 4.22. The molecule has 0 aliphatic carbocycles. The summed E-state index contributed by atoms with van der Waals surface area (Å²) in [6.45, 7) is 15.4. The standard InChI is InChI=1S/C9H20O3Si2/c1-8(11-13(2,3)4)9(10)12-14(5,6)7/h1H2,2-7H3. The van der Waals surface area contributed by atoms with Crippen molar-refractivity contribution >= 4 is 22.6 Å². The average Bonchev–Trinajstić information content (AvgIpc) is 1.78. The lowest BCUT2D eigenvalue weighted by atomic mass is 10.6. The van der Waals surface area contributed by atoms with Crippen LogP contribution in [0.4, 0.5) is 0 Å². The van der Waals surface area contributed by atoms with Gasteiger partial charge in [-0.15, -0.1) is 0 Å². The minimum atomic E-state index is -1.83. The second-order valence-corrected chi connectivity index (χ2v) is 14.0. The van der Waals surface area contributed by atoms with Crippen LogP contribution < -0.4 is 0 Å². The summed E-state index contributed by atoms with van der Waals surface area (Å²) in [6, 6.07) is 0. The van der Waals surface area contributed by atoms with Gasteiger partial charge in [0, 0.05) is 0 Å². The van der Waals surface area contributed by atoms with Gasteiger partial charge in [-0.2, -0.15) is 0 Å². The van der Waals surface area contributed by atoms with Crippen LogP contribution in [0, 0.1) is 0 Å². The molecule has 0 rings (SSSR count). The van der Waals surface area contributed by atoms with Crippen molar-refractivity contribution in [2.45, 2.75) is 39.3 Å². The molecule has 0 spiro atoms. The Morgan fingerprint density at radius 1 is 0.929 bits per heavy atom. The number of carbonyl (C=O) groups excluding carboxylic acids is 1.